The highest BCUT2D eigenvalue weighted by atomic mass is 32.1. The normalized spacial score (nSPS) is 16.8. The second-order valence-corrected chi connectivity index (χ2v) is 6.23. The van der Waals surface area contributed by atoms with E-state index in [4.69, 9.17) is 4.74 Å². The van der Waals surface area contributed by atoms with E-state index in [0.29, 0.717) is 6.10 Å². The van der Waals surface area contributed by atoms with E-state index in [0.717, 1.165) is 55.6 Å². The van der Waals surface area contributed by atoms with Gasteiger partial charge < -0.3 is 10.1 Å². The quantitative estimate of drug-likeness (QED) is 0.859. The van der Waals surface area contributed by atoms with Gasteiger partial charge in [0.1, 0.15) is 0 Å². The first-order valence-corrected chi connectivity index (χ1v) is 8.03. The number of aromatic nitrogens is 1. The summed E-state index contributed by atoms with van der Waals surface area (Å²) in [4.78, 5) is 12.1. The third-order valence-electron chi connectivity index (χ3n) is 3.70. The van der Waals surface area contributed by atoms with Gasteiger partial charge in [-0.15, -0.1) is 0 Å². The molecule has 0 unspecified atom stereocenters. The Morgan fingerprint density at radius 2 is 2.10 bits per heavy atom. The molecule has 1 aliphatic rings. The molecule has 0 aliphatic carbocycles. The van der Waals surface area contributed by atoms with Crippen LogP contribution in [0.2, 0.25) is 0 Å². The van der Waals surface area contributed by atoms with E-state index in [1.54, 1.807) is 11.5 Å². The van der Waals surface area contributed by atoms with Crippen molar-refractivity contribution in [2.45, 2.75) is 31.9 Å². The van der Waals surface area contributed by atoms with Crippen molar-refractivity contribution in [1.82, 2.24) is 9.27 Å². The van der Waals surface area contributed by atoms with E-state index in [-0.39, 0.29) is 5.56 Å². The van der Waals surface area contributed by atoms with Crippen LogP contribution < -0.4 is 10.9 Å². The van der Waals surface area contributed by atoms with Crippen LogP contribution in [0.5, 0.6) is 0 Å². The number of nitrogens with one attached hydrogen (secondary N) is 1. The number of ether oxygens (including phenoxy) is 1. The summed E-state index contributed by atoms with van der Waals surface area (Å²) in [5, 5.41) is 4.16. The number of piperidine rings is 1. The molecule has 2 aromatic rings. The van der Waals surface area contributed by atoms with Crippen LogP contribution in [0.25, 0.3) is 10.1 Å². The molecule has 0 amide bonds. The third kappa shape index (κ3) is 3.11. The SMILES string of the molecule is O=c1c2ccccc2sn1CCCOC1CCNCC1. The van der Waals surface area contributed by atoms with Crippen LogP contribution in [0.1, 0.15) is 19.3 Å². The van der Waals surface area contributed by atoms with Crippen molar-refractivity contribution in [1.29, 1.82) is 0 Å². The topological polar surface area (TPSA) is 43.3 Å². The van der Waals surface area contributed by atoms with Gasteiger partial charge in [0.15, 0.2) is 0 Å². The first kappa shape index (κ1) is 13.8. The van der Waals surface area contributed by atoms with Gasteiger partial charge in [-0.05, 0) is 44.5 Å². The molecular formula is C15H20N2O2S. The van der Waals surface area contributed by atoms with Gasteiger partial charge in [0.2, 0.25) is 0 Å². The Balaban J connectivity index is 1.52. The third-order valence-corrected chi connectivity index (χ3v) is 4.82. The smallest absolute Gasteiger partial charge is 0.268 e. The lowest BCUT2D eigenvalue weighted by molar-refractivity contribution is 0.0303. The van der Waals surface area contributed by atoms with Crippen LogP contribution >= 0.6 is 11.5 Å². The first-order valence-electron chi connectivity index (χ1n) is 7.26. The van der Waals surface area contributed by atoms with Crippen LogP contribution in [0.15, 0.2) is 29.1 Å². The maximum atomic E-state index is 12.1. The minimum atomic E-state index is 0.132. The van der Waals surface area contributed by atoms with Gasteiger partial charge in [-0.25, -0.2) is 0 Å². The molecule has 1 saturated heterocycles. The van der Waals surface area contributed by atoms with Crippen molar-refractivity contribution in [2.75, 3.05) is 19.7 Å². The number of aryl methyl sites for hydroxylation is 1. The Morgan fingerprint density at radius 3 is 2.90 bits per heavy atom. The van der Waals surface area contributed by atoms with Crippen molar-refractivity contribution in [3.05, 3.63) is 34.6 Å². The maximum absolute atomic E-state index is 12.1. The average Bonchev–Trinajstić information content (AvgIpc) is 2.82. The highest BCUT2D eigenvalue weighted by Gasteiger charge is 2.13. The molecule has 0 bridgehead atoms. The summed E-state index contributed by atoms with van der Waals surface area (Å²) in [5.74, 6) is 0. The molecule has 1 fully saturated rings. The highest BCUT2D eigenvalue weighted by molar-refractivity contribution is 7.13. The molecule has 1 aromatic heterocycles. The summed E-state index contributed by atoms with van der Waals surface area (Å²) in [5.41, 5.74) is 0.132. The summed E-state index contributed by atoms with van der Waals surface area (Å²) in [6.45, 7) is 3.61. The molecule has 1 N–H and O–H groups in total. The molecule has 20 heavy (non-hydrogen) atoms. The van der Waals surface area contributed by atoms with Crippen LogP contribution in [0.3, 0.4) is 0 Å². The predicted octanol–water partition coefficient (Wildman–Crippen LogP) is 2.22. The summed E-state index contributed by atoms with van der Waals surface area (Å²) < 4.78 is 8.78. The van der Waals surface area contributed by atoms with Crippen LogP contribution in [0, 0.1) is 0 Å². The van der Waals surface area contributed by atoms with Gasteiger partial charge in [-0.1, -0.05) is 23.7 Å². The van der Waals surface area contributed by atoms with Crippen LogP contribution in [-0.4, -0.2) is 29.8 Å². The molecule has 0 saturated carbocycles. The molecule has 5 heteroatoms. The lowest BCUT2D eigenvalue weighted by atomic mass is 10.1. The van der Waals surface area contributed by atoms with Crippen molar-refractivity contribution in [3.8, 4) is 0 Å². The maximum Gasteiger partial charge on any atom is 0.268 e. The monoisotopic (exact) mass is 292 g/mol. The van der Waals surface area contributed by atoms with E-state index in [9.17, 15) is 4.79 Å². The molecule has 2 heterocycles. The first-order chi connectivity index (χ1) is 9.84. The van der Waals surface area contributed by atoms with Crippen molar-refractivity contribution < 1.29 is 4.74 Å². The van der Waals surface area contributed by atoms with Crippen molar-refractivity contribution >= 4 is 21.6 Å². The van der Waals surface area contributed by atoms with E-state index in [2.05, 4.69) is 5.32 Å². The Labute approximate surface area is 122 Å². The molecule has 0 radical (unpaired) electrons. The second kappa shape index (κ2) is 6.52. The van der Waals surface area contributed by atoms with E-state index in [1.807, 2.05) is 28.2 Å². The van der Waals surface area contributed by atoms with Crippen LogP contribution in [0.4, 0.5) is 0 Å². The molecule has 4 nitrogen and oxygen atoms in total. The second-order valence-electron chi connectivity index (χ2n) is 5.17. The zero-order valence-electron chi connectivity index (χ0n) is 11.5. The number of nitrogens with zero attached hydrogens (tertiary/aromatic N) is 1. The fraction of sp³-hybridized carbons (Fsp3) is 0.533. The minimum Gasteiger partial charge on any atom is -0.378 e. The Kier molecular flexibility index (Phi) is 4.50. The number of benzene rings is 1. The zero-order valence-corrected chi connectivity index (χ0v) is 12.3. The molecule has 0 atom stereocenters. The number of hydrogen-bond acceptors (Lipinski definition) is 4. The van der Waals surface area contributed by atoms with Gasteiger partial charge in [0.25, 0.3) is 5.56 Å². The largest absolute Gasteiger partial charge is 0.378 e. The molecule has 108 valence electrons. The Hall–Kier alpha value is -1.17. The highest BCUT2D eigenvalue weighted by Crippen LogP contribution is 2.16. The number of fused-ring (bicyclic) bond motifs is 1. The molecular weight excluding hydrogens is 272 g/mol. The molecule has 1 aromatic carbocycles. The van der Waals surface area contributed by atoms with Crippen LogP contribution in [-0.2, 0) is 11.3 Å². The van der Waals surface area contributed by atoms with E-state index in [1.165, 1.54) is 0 Å². The van der Waals surface area contributed by atoms with E-state index >= 15 is 0 Å². The lowest BCUT2D eigenvalue weighted by Crippen LogP contribution is -2.32. The minimum absolute atomic E-state index is 0.132. The summed E-state index contributed by atoms with van der Waals surface area (Å²) in [7, 11) is 0. The summed E-state index contributed by atoms with van der Waals surface area (Å²) in [6.07, 6.45) is 3.50. The average molecular weight is 292 g/mol. The number of hydrogen-bond donors (Lipinski definition) is 1. The zero-order chi connectivity index (χ0) is 13.8. The fourth-order valence-electron chi connectivity index (χ4n) is 2.58. The fourth-order valence-corrected chi connectivity index (χ4v) is 3.62. The van der Waals surface area contributed by atoms with E-state index < -0.39 is 0 Å². The summed E-state index contributed by atoms with van der Waals surface area (Å²) >= 11 is 1.55. The van der Waals surface area contributed by atoms with Gasteiger partial charge in [-0.2, -0.15) is 0 Å². The Bertz CT molecular complexity index is 614. The predicted molar refractivity (Wildman–Crippen MR) is 82.5 cm³/mol. The number of rotatable bonds is 5. The van der Waals surface area contributed by atoms with Gasteiger partial charge >= 0.3 is 0 Å². The summed E-state index contributed by atoms with van der Waals surface area (Å²) in [6, 6.07) is 7.80. The van der Waals surface area contributed by atoms with Gasteiger partial charge in [-0.3, -0.25) is 8.75 Å². The van der Waals surface area contributed by atoms with Gasteiger partial charge in [0, 0.05) is 13.2 Å². The van der Waals surface area contributed by atoms with Gasteiger partial charge in [0.05, 0.1) is 16.2 Å². The molecule has 0 spiro atoms. The van der Waals surface area contributed by atoms with Crippen molar-refractivity contribution in [2.24, 2.45) is 0 Å². The Morgan fingerprint density at radius 1 is 1.30 bits per heavy atom. The standard InChI is InChI=1S/C15H20N2O2S/c18-15-13-4-1-2-5-14(13)20-17(15)10-3-11-19-12-6-8-16-9-7-12/h1-2,4-5,12,16H,3,6-11H2. The molecule has 3 rings (SSSR count). The lowest BCUT2D eigenvalue weighted by Gasteiger charge is -2.22. The molecule has 1 aliphatic heterocycles. The van der Waals surface area contributed by atoms with Crippen molar-refractivity contribution in [3.63, 3.8) is 0 Å².